The summed E-state index contributed by atoms with van der Waals surface area (Å²) in [6, 6.07) is 65.6. The Bertz CT molecular complexity index is 3960. The molecule has 14 aromatic rings. The van der Waals surface area contributed by atoms with E-state index in [1.807, 2.05) is 42.5 Å². The van der Waals surface area contributed by atoms with Crippen LogP contribution in [0.1, 0.15) is 11.1 Å². The van der Waals surface area contributed by atoms with E-state index in [1.165, 1.54) is 0 Å². The van der Waals surface area contributed by atoms with Crippen LogP contribution in [0.2, 0.25) is 0 Å². The van der Waals surface area contributed by atoms with Crippen LogP contribution in [-0.2, 0) is 0 Å². The smallest absolute Gasteiger partial charge is 0.166 e. The first-order valence-electron chi connectivity index (χ1n) is 22.3. The first-order chi connectivity index (χ1) is 32.6. The van der Waals surface area contributed by atoms with E-state index in [4.69, 9.17) is 23.8 Å². The molecule has 0 radical (unpaired) electrons. The van der Waals surface area contributed by atoms with Crippen molar-refractivity contribution in [3.05, 3.63) is 199 Å². The molecular weight excluding hydrogens is 811 g/mol. The number of benzene rings is 9. The highest BCUT2D eigenvalue weighted by molar-refractivity contribution is 6.15. The molecule has 0 aliphatic heterocycles. The molecule has 0 amide bonds. The molecular formula is C59H37N5O2. The lowest BCUT2D eigenvalue weighted by atomic mass is 10.00. The van der Waals surface area contributed by atoms with Gasteiger partial charge >= 0.3 is 0 Å². The Morgan fingerprint density at radius 1 is 0.333 bits per heavy atom. The summed E-state index contributed by atoms with van der Waals surface area (Å²) in [7, 11) is 0. The minimum atomic E-state index is 0.550. The zero-order chi connectivity index (χ0) is 43.6. The summed E-state index contributed by atoms with van der Waals surface area (Å²) in [5.41, 5.74) is 14.1. The van der Waals surface area contributed by atoms with Crippen LogP contribution in [-0.4, -0.2) is 24.1 Å². The van der Waals surface area contributed by atoms with Gasteiger partial charge in [0.15, 0.2) is 17.5 Å². The Morgan fingerprint density at radius 3 is 1.08 bits per heavy atom. The van der Waals surface area contributed by atoms with Crippen molar-refractivity contribution < 1.29 is 8.83 Å². The summed E-state index contributed by atoms with van der Waals surface area (Å²) in [5, 5.41) is 8.72. The minimum Gasteiger partial charge on any atom is -0.456 e. The lowest BCUT2D eigenvalue weighted by Gasteiger charge is -2.19. The zero-order valence-electron chi connectivity index (χ0n) is 36.0. The van der Waals surface area contributed by atoms with Crippen LogP contribution in [0.25, 0.3) is 133 Å². The van der Waals surface area contributed by atoms with Crippen molar-refractivity contribution in [3.8, 4) is 45.5 Å². The topological polar surface area (TPSA) is 74.8 Å². The fraction of sp³-hybridized carbons (Fsp3) is 0.0339. The first kappa shape index (κ1) is 36.7. The summed E-state index contributed by atoms with van der Waals surface area (Å²) in [6.45, 7) is 4.32. The number of hydrogen-bond donors (Lipinski definition) is 0. The summed E-state index contributed by atoms with van der Waals surface area (Å²) in [6.07, 6.45) is 0. The fourth-order valence-electron chi connectivity index (χ4n) is 10.6. The number of fused-ring (bicyclic) bond motifs is 12. The van der Waals surface area contributed by atoms with E-state index in [-0.39, 0.29) is 0 Å². The Labute approximate surface area is 377 Å². The first-order valence-corrected chi connectivity index (χ1v) is 22.3. The van der Waals surface area contributed by atoms with Gasteiger partial charge in [0.25, 0.3) is 0 Å². The molecule has 66 heavy (non-hydrogen) atoms. The molecule has 14 rings (SSSR count). The molecule has 5 aromatic heterocycles. The van der Waals surface area contributed by atoms with Crippen molar-refractivity contribution >= 4 is 87.5 Å². The minimum absolute atomic E-state index is 0.550. The van der Waals surface area contributed by atoms with Gasteiger partial charge in [-0.05, 0) is 62.4 Å². The highest BCUT2D eigenvalue weighted by Gasteiger charge is 2.28. The van der Waals surface area contributed by atoms with E-state index in [1.54, 1.807) is 0 Å². The van der Waals surface area contributed by atoms with Crippen molar-refractivity contribution in [2.24, 2.45) is 0 Å². The lowest BCUT2D eigenvalue weighted by Crippen LogP contribution is -2.07. The molecule has 0 saturated carbocycles. The summed E-state index contributed by atoms with van der Waals surface area (Å²) in [4.78, 5) is 16.6. The van der Waals surface area contributed by atoms with Crippen molar-refractivity contribution in [1.82, 2.24) is 24.1 Å². The Kier molecular flexibility index (Phi) is 7.69. The highest BCUT2D eigenvalue weighted by Crippen LogP contribution is 2.46. The molecule has 7 heteroatoms. The Balaban J connectivity index is 1.15. The molecule has 5 heterocycles. The van der Waals surface area contributed by atoms with Gasteiger partial charge in [-0.25, -0.2) is 15.0 Å². The van der Waals surface area contributed by atoms with E-state index in [9.17, 15) is 0 Å². The normalized spacial score (nSPS) is 12.1. The third-order valence-electron chi connectivity index (χ3n) is 13.5. The van der Waals surface area contributed by atoms with Crippen LogP contribution in [0.15, 0.2) is 197 Å². The van der Waals surface area contributed by atoms with Crippen molar-refractivity contribution in [2.75, 3.05) is 0 Å². The largest absolute Gasteiger partial charge is 0.456 e. The highest BCUT2D eigenvalue weighted by atomic mass is 16.3. The van der Waals surface area contributed by atoms with Gasteiger partial charge in [0, 0.05) is 70.9 Å². The van der Waals surface area contributed by atoms with E-state index in [2.05, 4.69) is 169 Å². The van der Waals surface area contributed by atoms with Gasteiger partial charge in [-0.1, -0.05) is 140 Å². The average Bonchev–Trinajstić information content (AvgIpc) is 4.13. The maximum atomic E-state index is 6.75. The Morgan fingerprint density at radius 2 is 0.667 bits per heavy atom. The van der Waals surface area contributed by atoms with E-state index >= 15 is 0 Å². The molecule has 9 aromatic carbocycles. The van der Waals surface area contributed by atoms with Crippen LogP contribution in [0.3, 0.4) is 0 Å². The van der Waals surface area contributed by atoms with Crippen molar-refractivity contribution in [2.45, 2.75) is 13.8 Å². The van der Waals surface area contributed by atoms with Crippen molar-refractivity contribution in [3.63, 3.8) is 0 Å². The summed E-state index contributed by atoms with van der Waals surface area (Å²) in [5.74, 6) is 1.67. The van der Waals surface area contributed by atoms with Crippen LogP contribution >= 0.6 is 0 Å². The number of aromatic nitrogens is 5. The van der Waals surface area contributed by atoms with Crippen molar-refractivity contribution in [1.29, 1.82) is 0 Å². The summed E-state index contributed by atoms with van der Waals surface area (Å²) >= 11 is 0. The van der Waals surface area contributed by atoms with Gasteiger partial charge in [-0.15, -0.1) is 0 Å². The van der Waals surface area contributed by atoms with E-state index in [0.717, 1.165) is 127 Å². The standard InChI is InChI=1S/C59H37N5O2/c1-34-53(63-47-26-12-6-20-37(47)38-21-7-13-27-48(38)63)45(32-43-41-24-10-16-30-51(41)65-55(34)43)58-60-57(36-18-4-3-5-19-36)61-59(62-58)46-33-44-42-25-11-17-31-52(42)66-56(44)35(2)54(46)64-49-28-14-8-22-39(49)40-23-9-15-29-50(40)64/h3-33H,1-2H3. The number of aryl methyl sites for hydroxylation is 2. The number of furan rings is 2. The fourth-order valence-corrected chi connectivity index (χ4v) is 10.6. The number of rotatable bonds is 5. The second-order valence-corrected chi connectivity index (χ2v) is 17.2. The van der Waals surface area contributed by atoms with Gasteiger partial charge in [-0.2, -0.15) is 0 Å². The van der Waals surface area contributed by atoms with E-state index in [0.29, 0.717) is 17.5 Å². The van der Waals surface area contributed by atoms with Gasteiger partial charge in [0.2, 0.25) is 0 Å². The quantitative estimate of drug-likeness (QED) is 0.172. The predicted molar refractivity (Wildman–Crippen MR) is 269 cm³/mol. The second-order valence-electron chi connectivity index (χ2n) is 17.2. The lowest BCUT2D eigenvalue weighted by molar-refractivity contribution is 0.665. The number of hydrogen-bond acceptors (Lipinski definition) is 5. The number of para-hydroxylation sites is 6. The number of nitrogens with zero attached hydrogens (tertiary/aromatic N) is 5. The van der Waals surface area contributed by atoms with Gasteiger partial charge in [-0.3, -0.25) is 0 Å². The molecule has 0 aliphatic carbocycles. The SMILES string of the molecule is Cc1c(-n2c3ccccc3c3ccccc32)c(-c2nc(-c3ccccc3)nc(-c3cc4c(oc5ccccc54)c(C)c3-n3c4ccccc4c4ccccc43)n2)cc2c1oc1ccccc12. The maximum absolute atomic E-state index is 6.75. The third-order valence-corrected chi connectivity index (χ3v) is 13.5. The molecule has 0 fully saturated rings. The monoisotopic (exact) mass is 847 g/mol. The van der Waals surface area contributed by atoms with Crippen LogP contribution in [0.4, 0.5) is 0 Å². The van der Waals surface area contributed by atoms with Crippen LogP contribution < -0.4 is 0 Å². The van der Waals surface area contributed by atoms with Gasteiger partial charge in [0.1, 0.15) is 22.3 Å². The molecule has 0 spiro atoms. The molecule has 0 saturated heterocycles. The molecule has 0 unspecified atom stereocenters. The van der Waals surface area contributed by atoms with Gasteiger partial charge in [0.05, 0.1) is 33.4 Å². The molecule has 0 aliphatic rings. The molecule has 7 nitrogen and oxygen atoms in total. The molecule has 310 valence electrons. The van der Waals surface area contributed by atoms with Crippen LogP contribution in [0.5, 0.6) is 0 Å². The predicted octanol–water partition coefficient (Wildman–Crippen LogP) is 15.5. The van der Waals surface area contributed by atoms with Gasteiger partial charge < -0.3 is 18.0 Å². The third kappa shape index (κ3) is 5.16. The second kappa shape index (κ2) is 13.8. The molecule has 0 atom stereocenters. The maximum Gasteiger partial charge on any atom is 0.166 e. The van der Waals surface area contributed by atoms with E-state index < -0.39 is 0 Å². The average molecular weight is 848 g/mol. The zero-order valence-corrected chi connectivity index (χ0v) is 36.0. The summed E-state index contributed by atoms with van der Waals surface area (Å²) < 4.78 is 18.2. The molecule has 0 N–H and O–H groups in total. The Hall–Kier alpha value is -8.81. The van der Waals surface area contributed by atoms with Crippen LogP contribution in [0, 0.1) is 13.8 Å². The molecule has 0 bridgehead atoms.